The smallest absolute Gasteiger partial charge is 0.165 e. The van der Waals surface area contributed by atoms with Crippen LogP contribution in [-0.2, 0) is 6.42 Å². The van der Waals surface area contributed by atoms with Gasteiger partial charge in [-0.05, 0) is 62.3 Å². The topological polar surface area (TPSA) is 35.2 Å². The summed E-state index contributed by atoms with van der Waals surface area (Å²) in [6.45, 7) is 2.80. The largest absolute Gasteiger partial charge is 0.487 e. The van der Waals surface area contributed by atoms with Crippen molar-refractivity contribution in [2.45, 2.75) is 45.1 Å². The molecule has 1 saturated carbocycles. The van der Waals surface area contributed by atoms with E-state index in [1.54, 1.807) is 6.07 Å². The lowest BCUT2D eigenvalue weighted by molar-refractivity contribution is 0.130. The highest BCUT2D eigenvalue weighted by atomic mass is 19.1. The van der Waals surface area contributed by atoms with Crippen LogP contribution in [0.2, 0.25) is 0 Å². The molecule has 0 aromatic heterocycles. The molecule has 1 fully saturated rings. The van der Waals surface area contributed by atoms with Crippen LogP contribution >= 0.6 is 0 Å². The van der Waals surface area contributed by atoms with Gasteiger partial charge in [-0.2, -0.15) is 0 Å². The molecule has 0 radical (unpaired) electrons. The number of hydrogen-bond acceptors (Lipinski definition) is 2. The van der Waals surface area contributed by atoms with Gasteiger partial charge in [0.15, 0.2) is 11.6 Å². The van der Waals surface area contributed by atoms with Gasteiger partial charge < -0.3 is 10.5 Å². The van der Waals surface area contributed by atoms with Crippen molar-refractivity contribution < 1.29 is 9.13 Å². The van der Waals surface area contributed by atoms with Crippen LogP contribution < -0.4 is 10.5 Å². The molecule has 2 rings (SSSR count). The zero-order valence-electron chi connectivity index (χ0n) is 11.0. The second-order valence-electron chi connectivity index (χ2n) is 5.30. The monoisotopic (exact) mass is 251 g/mol. The second kappa shape index (κ2) is 6.19. The van der Waals surface area contributed by atoms with Crippen molar-refractivity contribution in [2.24, 2.45) is 11.7 Å². The summed E-state index contributed by atoms with van der Waals surface area (Å²) in [6, 6.07) is 5.17. The first kappa shape index (κ1) is 13.3. The first-order chi connectivity index (χ1) is 8.69. The van der Waals surface area contributed by atoms with Crippen LogP contribution in [0.4, 0.5) is 4.39 Å². The highest BCUT2D eigenvalue weighted by Gasteiger charge is 2.20. The molecule has 0 aliphatic heterocycles. The molecule has 100 valence electrons. The second-order valence-corrected chi connectivity index (χ2v) is 5.30. The fourth-order valence-electron chi connectivity index (χ4n) is 2.49. The number of halogens is 1. The van der Waals surface area contributed by atoms with E-state index >= 15 is 0 Å². The average molecular weight is 251 g/mol. The van der Waals surface area contributed by atoms with E-state index in [2.05, 4.69) is 6.92 Å². The lowest BCUT2D eigenvalue weighted by atomic mass is 9.89. The Hall–Kier alpha value is -1.09. The molecule has 0 saturated heterocycles. The Kier molecular flexibility index (Phi) is 4.59. The molecular weight excluding hydrogens is 229 g/mol. The molecule has 1 aromatic rings. The van der Waals surface area contributed by atoms with Gasteiger partial charge in [0.2, 0.25) is 0 Å². The van der Waals surface area contributed by atoms with Crippen molar-refractivity contribution in [3.05, 3.63) is 29.6 Å². The van der Waals surface area contributed by atoms with E-state index < -0.39 is 0 Å². The van der Waals surface area contributed by atoms with E-state index in [0.29, 0.717) is 18.7 Å². The van der Waals surface area contributed by atoms with E-state index in [0.717, 1.165) is 24.3 Å². The number of rotatable bonds is 4. The van der Waals surface area contributed by atoms with Crippen molar-refractivity contribution in [2.75, 3.05) is 6.54 Å². The third kappa shape index (κ3) is 3.45. The van der Waals surface area contributed by atoms with Crippen LogP contribution in [0.5, 0.6) is 5.75 Å². The zero-order chi connectivity index (χ0) is 13.0. The Balaban J connectivity index is 1.96. The molecule has 0 atom stereocenters. The van der Waals surface area contributed by atoms with Crippen molar-refractivity contribution >= 4 is 0 Å². The molecule has 0 spiro atoms. The first-order valence-corrected chi connectivity index (χ1v) is 6.84. The van der Waals surface area contributed by atoms with Crippen molar-refractivity contribution in [3.63, 3.8) is 0 Å². The summed E-state index contributed by atoms with van der Waals surface area (Å²) in [5, 5.41) is 0. The Bertz CT molecular complexity index is 386. The van der Waals surface area contributed by atoms with E-state index in [1.807, 2.05) is 6.07 Å². The first-order valence-electron chi connectivity index (χ1n) is 6.84. The van der Waals surface area contributed by atoms with Crippen molar-refractivity contribution in [3.8, 4) is 5.75 Å². The van der Waals surface area contributed by atoms with Gasteiger partial charge in [0.1, 0.15) is 0 Å². The van der Waals surface area contributed by atoms with Gasteiger partial charge in [-0.15, -0.1) is 0 Å². The van der Waals surface area contributed by atoms with Crippen LogP contribution in [-0.4, -0.2) is 12.6 Å². The van der Waals surface area contributed by atoms with Crippen LogP contribution in [0.15, 0.2) is 18.2 Å². The quantitative estimate of drug-likeness (QED) is 0.891. The summed E-state index contributed by atoms with van der Waals surface area (Å²) in [6.07, 6.45) is 5.31. The van der Waals surface area contributed by atoms with Gasteiger partial charge in [-0.1, -0.05) is 13.0 Å². The summed E-state index contributed by atoms with van der Waals surface area (Å²) in [7, 11) is 0. The number of nitrogens with two attached hydrogens (primary N) is 1. The Morgan fingerprint density at radius 1 is 1.28 bits per heavy atom. The maximum Gasteiger partial charge on any atom is 0.165 e. The van der Waals surface area contributed by atoms with Gasteiger partial charge in [-0.25, -0.2) is 4.39 Å². The number of hydrogen-bond donors (Lipinski definition) is 1. The maximum atomic E-state index is 13.8. The van der Waals surface area contributed by atoms with Gasteiger partial charge in [-0.3, -0.25) is 0 Å². The molecule has 3 heteroatoms. The Morgan fingerprint density at radius 2 is 2.00 bits per heavy atom. The van der Waals surface area contributed by atoms with E-state index in [1.165, 1.54) is 18.9 Å². The molecular formula is C15H22FNO. The third-order valence-electron chi connectivity index (χ3n) is 3.69. The molecule has 18 heavy (non-hydrogen) atoms. The third-order valence-corrected chi connectivity index (χ3v) is 3.69. The molecule has 1 aromatic carbocycles. The van der Waals surface area contributed by atoms with Crippen LogP contribution in [0, 0.1) is 11.7 Å². The molecule has 2 N–H and O–H groups in total. The summed E-state index contributed by atoms with van der Waals surface area (Å²) < 4.78 is 19.6. The van der Waals surface area contributed by atoms with Crippen LogP contribution in [0.1, 0.15) is 38.2 Å². The van der Waals surface area contributed by atoms with Crippen LogP contribution in [0.3, 0.4) is 0 Å². The van der Waals surface area contributed by atoms with Crippen molar-refractivity contribution in [1.29, 1.82) is 0 Å². The summed E-state index contributed by atoms with van der Waals surface area (Å²) in [5.41, 5.74) is 6.39. The lowest BCUT2D eigenvalue weighted by Crippen LogP contribution is -2.23. The standard InChI is InChI=1S/C15H22FNO/c1-11-2-5-13(6-3-11)18-15-7-4-12(8-9-17)10-14(15)16/h4,7,10-11,13H,2-3,5-6,8-9,17H2,1H3. The average Bonchev–Trinajstić information content (AvgIpc) is 2.36. The molecule has 2 nitrogen and oxygen atoms in total. The SMILES string of the molecule is CC1CCC(Oc2ccc(CCN)cc2F)CC1. The molecule has 0 unspecified atom stereocenters. The molecule has 0 bridgehead atoms. The Labute approximate surface area is 108 Å². The minimum Gasteiger partial charge on any atom is -0.487 e. The number of ether oxygens (including phenoxy) is 1. The Morgan fingerprint density at radius 3 is 2.61 bits per heavy atom. The summed E-state index contributed by atoms with van der Waals surface area (Å²) in [5.74, 6) is 0.900. The highest BCUT2D eigenvalue weighted by Crippen LogP contribution is 2.28. The van der Waals surface area contributed by atoms with Gasteiger partial charge in [0, 0.05) is 0 Å². The van der Waals surface area contributed by atoms with Crippen molar-refractivity contribution in [1.82, 2.24) is 0 Å². The van der Waals surface area contributed by atoms with E-state index in [9.17, 15) is 4.39 Å². The fourth-order valence-corrected chi connectivity index (χ4v) is 2.49. The zero-order valence-corrected chi connectivity index (χ0v) is 11.0. The normalized spacial score (nSPS) is 23.9. The summed E-state index contributed by atoms with van der Waals surface area (Å²) in [4.78, 5) is 0. The minimum absolute atomic E-state index is 0.177. The molecule has 0 amide bonds. The van der Waals surface area contributed by atoms with Gasteiger partial charge >= 0.3 is 0 Å². The van der Waals surface area contributed by atoms with Crippen LogP contribution in [0.25, 0.3) is 0 Å². The predicted molar refractivity (Wildman–Crippen MR) is 71.2 cm³/mol. The summed E-state index contributed by atoms with van der Waals surface area (Å²) >= 11 is 0. The lowest BCUT2D eigenvalue weighted by Gasteiger charge is -2.27. The number of benzene rings is 1. The van der Waals surface area contributed by atoms with E-state index in [4.69, 9.17) is 10.5 Å². The predicted octanol–water partition coefficient (Wildman–Crippen LogP) is 3.28. The van der Waals surface area contributed by atoms with E-state index in [-0.39, 0.29) is 11.9 Å². The molecule has 0 heterocycles. The van der Waals surface area contributed by atoms with Gasteiger partial charge in [0.05, 0.1) is 6.10 Å². The highest BCUT2D eigenvalue weighted by molar-refractivity contribution is 5.29. The molecule has 1 aliphatic rings. The van der Waals surface area contributed by atoms with Gasteiger partial charge in [0.25, 0.3) is 0 Å². The maximum absolute atomic E-state index is 13.8. The molecule has 1 aliphatic carbocycles. The minimum atomic E-state index is -0.264. The fraction of sp³-hybridized carbons (Fsp3) is 0.600.